The van der Waals surface area contributed by atoms with Crippen molar-refractivity contribution in [3.05, 3.63) is 58.6 Å². The minimum atomic E-state index is 0.0272. The van der Waals surface area contributed by atoms with Gasteiger partial charge in [0.1, 0.15) is 5.82 Å². The molecule has 88 valence electrons. The Morgan fingerprint density at radius 1 is 1.29 bits per heavy atom. The number of nitrogens with one attached hydrogen (secondary N) is 1. The molecule has 0 fully saturated rings. The van der Waals surface area contributed by atoms with Crippen molar-refractivity contribution < 1.29 is 0 Å². The van der Waals surface area contributed by atoms with Gasteiger partial charge in [-0.25, -0.2) is 4.98 Å². The summed E-state index contributed by atoms with van der Waals surface area (Å²) in [5, 5.41) is 3.22. The molecule has 2 aromatic heterocycles. The molecule has 0 aliphatic rings. The Morgan fingerprint density at radius 2 is 2.06 bits per heavy atom. The van der Waals surface area contributed by atoms with Gasteiger partial charge in [-0.15, -0.1) is 0 Å². The Bertz CT molecular complexity index is 528. The highest BCUT2D eigenvalue weighted by Crippen LogP contribution is 2.12. The molecule has 2 heterocycles. The monoisotopic (exact) mass is 229 g/mol. The summed E-state index contributed by atoms with van der Waals surface area (Å²) in [6.45, 7) is 3.59. The number of aromatic nitrogens is 2. The second kappa shape index (κ2) is 5.30. The van der Waals surface area contributed by atoms with E-state index < -0.39 is 0 Å². The minimum Gasteiger partial charge on any atom is -0.370 e. The molecule has 0 saturated heterocycles. The van der Waals surface area contributed by atoms with Crippen molar-refractivity contribution in [3.63, 3.8) is 0 Å². The number of nitrogens with zero attached hydrogens (tertiary/aromatic N) is 2. The van der Waals surface area contributed by atoms with E-state index in [1.807, 2.05) is 23.6 Å². The van der Waals surface area contributed by atoms with E-state index in [9.17, 15) is 4.79 Å². The van der Waals surface area contributed by atoms with Crippen LogP contribution >= 0.6 is 0 Å². The zero-order valence-corrected chi connectivity index (χ0v) is 9.76. The predicted molar refractivity (Wildman–Crippen MR) is 68.2 cm³/mol. The summed E-state index contributed by atoms with van der Waals surface area (Å²) in [5.74, 6) is 0.897. The van der Waals surface area contributed by atoms with E-state index in [0.29, 0.717) is 6.54 Å². The van der Waals surface area contributed by atoms with Gasteiger partial charge >= 0.3 is 0 Å². The van der Waals surface area contributed by atoms with E-state index >= 15 is 0 Å². The van der Waals surface area contributed by atoms with Crippen molar-refractivity contribution in [2.75, 3.05) is 11.9 Å². The zero-order chi connectivity index (χ0) is 12.1. The summed E-state index contributed by atoms with van der Waals surface area (Å²) in [5.41, 5.74) is 1.14. The van der Waals surface area contributed by atoms with E-state index in [1.165, 1.54) is 0 Å². The van der Waals surface area contributed by atoms with Crippen molar-refractivity contribution in [1.29, 1.82) is 0 Å². The molecule has 0 aliphatic carbocycles. The second-order valence-electron chi connectivity index (χ2n) is 3.75. The highest BCUT2D eigenvalue weighted by atomic mass is 16.1. The quantitative estimate of drug-likeness (QED) is 0.868. The molecule has 0 atom stereocenters. The predicted octanol–water partition coefficient (Wildman–Crippen LogP) is 1.72. The van der Waals surface area contributed by atoms with Crippen LogP contribution in [0, 0.1) is 0 Å². The van der Waals surface area contributed by atoms with Crippen LogP contribution in [-0.4, -0.2) is 16.1 Å². The molecule has 0 aromatic carbocycles. The SMILES string of the molecule is CCNc1ncccc1Cn1ccc(=O)cc1. The van der Waals surface area contributed by atoms with Gasteiger partial charge in [-0.3, -0.25) is 4.79 Å². The van der Waals surface area contributed by atoms with Crippen LogP contribution in [0.1, 0.15) is 12.5 Å². The molecule has 17 heavy (non-hydrogen) atoms. The fourth-order valence-corrected chi connectivity index (χ4v) is 1.64. The van der Waals surface area contributed by atoms with Crippen molar-refractivity contribution >= 4 is 5.82 Å². The molecule has 0 bridgehead atoms. The summed E-state index contributed by atoms with van der Waals surface area (Å²) in [4.78, 5) is 15.3. The average Bonchev–Trinajstić information content (AvgIpc) is 2.35. The first kappa shape index (κ1) is 11.4. The summed E-state index contributed by atoms with van der Waals surface area (Å²) in [7, 11) is 0. The Morgan fingerprint density at radius 3 is 2.76 bits per heavy atom. The maximum absolute atomic E-state index is 11.0. The third-order valence-electron chi connectivity index (χ3n) is 2.45. The molecule has 0 spiro atoms. The Hall–Kier alpha value is -2.10. The van der Waals surface area contributed by atoms with E-state index in [-0.39, 0.29) is 5.43 Å². The van der Waals surface area contributed by atoms with E-state index in [1.54, 1.807) is 30.7 Å². The van der Waals surface area contributed by atoms with Gasteiger partial charge in [0.2, 0.25) is 0 Å². The lowest BCUT2D eigenvalue weighted by atomic mass is 10.2. The topological polar surface area (TPSA) is 46.9 Å². The van der Waals surface area contributed by atoms with Crippen LogP contribution in [0.5, 0.6) is 0 Å². The Kier molecular flexibility index (Phi) is 3.55. The van der Waals surface area contributed by atoms with E-state index in [4.69, 9.17) is 0 Å². The fourth-order valence-electron chi connectivity index (χ4n) is 1.64. The van der Waals surface area contributed by atoms with Gasteiger partial charge < -0.3 is 9.88 Å². The summed E-state index contributed by atoms with van der Waals surface area (Å²) in [6.07, 6.45) is 5.34. The number of pyridine rings is 2. The summed E-state index contributed by atoms with van der Waals surface area (Å²) < 4.78 is 1.96. The van der Waals surface area contributed by atoms with Gasteiger partial charge in [0, 0.05) is 42.8 Å². The smallest absolute Gasteiger partial charge is 0.181 e. The van der Waals surface area contributed by atoms with Gasteiger partial charge in [0.05, 0.1) is 6.54 Å². The summed E-state index contributed by atoms with van der Waals surface area (Å²) in [6, 6.07) is 7.06. The van der Waals surface area contributed by atoms with Crippen LogP contribution in [0.25, 0.3) is 0 Å². The fraction of sp³-hybridized carbons (Fsp3) is 0.231. The number of hydrogen-bond donors (Lipinski definition) is 1. The molecule has 0 radical (unpaired) electrons. The standard InChI is InChI=1S/C13H15N3O/c1-2-14-13-11(4-3-7-15-13)10-16-8-5-12(17)6-9-16/h3-9H,2,10H2,1H3,(H,14,15). The molecule has 2 aromatic rings. The van der Waals surface area contributed by atoms with Crippen LogP contribution in [0.2, 0.25) is 0 Å². The highest BCUT2D eigenvalue weighted by Gasteiger charge is 2.01. The van der Waals surface area contributed by atoms with Crippen LogP contribution in [0.15, 0.2) is 47.7 Å². The van der Waals surface area contributed by atoms with Crippen LogP contribution < -0.4 is 10.7 Å². The largest absolute Gasteiger partial charge is 0.370 e. The molecule has 1 N–H and O–H groups in total. The third-order valence-corrected chi connectivity index (χ3v) is 2.45. The molecule has 0 amide bonds. The lowest BCUT2D eigenvalue weighted by Crippen LogP contribution is -2.08. The first-order valence-electron chi connectivity index (χ1n) is 5.63. The van der Waals surface area contributed by atoms with E-state index in [0.717, 1.165) is 17.9 Å². The van der Waals surface area contributed by atoms with Crippen LogP contribution in [0.3, 0.4) is 0 Å². The maximum Gasteiger partial charge on any atom is 0.181 e. The van der Waals surface area contributed by atoms with Gasteiger partial charge in [-0.2, -0.15) is 0 Å². The highest BCUT2D eigenvalue weighted by molar-refractivity contribution is 5.43. The van der Waals surface area contributed by atoms with Gasteiger partial charge in [0.25, 0.3) is 0 Å². The third kappa shape index (κ3) is 2.93. The van der Waals surface area contributed by atoms with Crippen molar-refractivity contribution in [1.82, 2.24) is 9.55 Å². The van der Waals surface area contributed by atoms with Gasteiger partial charge in [0.15, 0.2) is 5.43 Å². The maximum atomic E-state index is 11.0. The minimum absolute atomic E-state index is 0.0272. The molecule has 0 unspecified atom stereocenters. The molecule has 4 nitrogen and oxygen atoms in total. The first-order chi connectivity index (χ1) is 8.29. The molecule has 2 rings (SSSR count). The van der Waals surface area contributed by atoms with Gasteiger partial charge in [-0.1, -0.05) is 6.07 Å². The van der Waals surface area contributed by atoms with Crippen molar-refractivity contribution in [3.8, 4) is 0 Å². The molecular formula is C13H15N3O. The second-order valence-corrected chi connectivity index (χ2v) is 3.75. The van der Waals surface area contributed by atoms with Crippen LogP contribution in [-0.2, 0) is 6.54 Å². The van der Waals surface area contributed by atoms with Crippen LogP contribution in [0.4, 0.5) is 5.82 Å². The lowest BCUT2D eigenvalue weighted by Gasteiger charge is -2.11. The normalized spacial score (nSPS) is 10.2. The Balaban J connectivity index is 2.23. The lowest BCUT2D eigenvalue weighted by molar-refractivity contribution is 0.785. The molecular weight excluding hydrogens is 214 g/mol. The molecule has 4 heteroatoms. The number of anilines is 1. The number of rotatable bonds is 4. The molecule has 0 aliphatic heterocycles. The summed E-state index contributed by atoms with van der Waals surface area (Å²) >= 11 is 0. The Labute approximate surface area is 99.9 Å². The number of hydrogen-bond acceptors (Lipinski definition) is 3. The van der Waals surface area contributed by atoms with Crippen molar-refractivity contribution in [2.45, 2.75) is 13.5 Å². The zero-order valence-electron chi connectivity index (χ0n) is 9.76. The van der Waals surface area contributed by atoms with E-state index in [2.05, 4.69) is 10.3 Å². The van der Waals surface area contributed by atoms with Gasteiger partial charge in [-0.05, 0) is 13.0 Å². The first-order valence-corrected chi connectivity index (χ1v) is 5.63. The van der Waals surface area contributed by atoms with Crippen molar-refractivity contribution in [2.24, 2.45) is 0 Å². The average molecular weight is 229 g/mol. The molecule has 0 saturated carbocycles.